The van der Waals surface area contributed by atoms with Crippen LogP contribution in [0.15, 0.2) is 18.2 Å². The molecule has 1 unspecified atom stereocenters. The van der Waals surface area contributed by atoms with Crippen LogP contribution in [0.3, 0.4) is 0 Å². The lowest BCUT2D eigenvalue weighted by molar-refractivity contribution is 0.200. The molecule has 19 heavy (non-hydrogen) atoms. The van der Waals surface area contributed by atoms with Crippen molar-refractivity contribution in [2.75, 3.05) is 13.6 Å². The number of benzene rings is 1. The molecule has 0 aliphatic heterocycles. The highest BCUT2D eigenvalue weighted by Crippen LogP contribution is 2.14. The van der Waals surface area contributed by atoms with Crippen LogP contribution in [-0.2, 0) is 6.54 Å². The van der Waals surface area contributed by atoms with Crippen LogP contribution in [0.2, 0.25) is 0 Å². The van der Waals surface area contributed by atoms with Gasteiger partial charge in [-0.2, -0.15) is 0 Å². The van der Waals surface area contributed by atoms with Crippen LogP contribution in [0, 0.1) is 23.6 Å². The van der Waals surface area contributed by atoms with Gasteiger partial charge in [0.2, 0.25) is 0 Å². The summed E-state index contributed by atoms with van der Waals surface area (Å²) < 4.78 is 13.5. The molecule has 0 saturated heterocycles. The van der Waals surface area contributed by atoms with E-state index in [-0.39, 0.29) is 12.4 Å². The topological polar surface area (TPSA) is 29.3 Å². The van der Waals surface area contributed by atoms with E-state index in [9.17, 15) is 4.39 Å². The van der Waals surface area contributed by atoms with Gasteiger partial charge in [-0.1, -0.05) is 25.7 Å². The minimum absolute atomic E-state index is 0.246. The number of hydrogen-bond acceptors (Lipinski definition) is 2. The molecular formula is C16H23FN2. The van der Waals surface area contributed by atoms with Gasteiger partial charge in [-0.3, -0.25) is 4.90 Å². The SMILES string of the molecule is CC(C)C(C)N(C)Cc1cc(F)cc(C#CCN)c1. The summed E-state index contributed by atoms with van der Waals surface area (Å²) in [7, 11) is 2.06. The third-order valence-electron chi connectivity index (χ3n) is 3.38. The van der Waals surface area contributed by atoms with Gasteiger partial charge >= 0.3 is 0 Å². The first kappa shape index (κ1) is 15.7. The van der Waals surface area contributed by atoms with E-state index in [1.807, 2.05) is 6.07 Å². The summed E-state index contributed by atoms with van der Waals surface area (Å²) in [6, 6.07) is 5.38. The number of nitrogens with two attached hydrogens (primary N) is 1. The maximum Gasteiger partial charge on any atom is 0.124 e. The maximum atomic E-state index is 13.5. The zero-order chi connectivity index (χ0) is 14.4. The molecule has 0 radical (unpaired) electrons. The highest BCUT2D eigenvalue weighted by molar-refractivity contribution is 5.38. The fraction of sp³-hybridized carbons (Fsp3) is 0.500. The normalized spacial score (nSPS) is 12.4. The minimum atomic E-state index is -0.246. The van der Waals surface area contributed by atoms with Gasteiger partial charge in [0.25, 0.3) is 0 Å². The Morgan fingerprint density at radius 1 is 1.26 bits per heavy atom. The summed E-state index contributed by atoms with van der Waals surface area (Å²) in [6.07, 6.45) is 0. The summed E-state index contributed by atoms with van der Waals surface area (Å²) in [6.45, 7) is 7.55. The largest absolute Gasteiger partial charge is 0.320 e. The average molecular weight is 262 g/mol. The molecule has 0 saturated carbocycles. The van der Waals surface area contributed by atoms with Gasteiger partial charge in [0.1, 0.15) is 5.82 Å². The van der Waals surface area contributed by atoms with Crippen molar-refractivity contribution in [3.05, 3.63) is 35.1 Å². The summed E-state index contributed by atoms with van der Waals surface area (Å²) in [5.41, 5.74) is 6.96. The van der Waals surface area contributed by atoms with Crippen molar-refractivity contribution < 1.29 is 4.39 Å². The van der Waals surface area contributed by atoms with Crippen LogP contribution in [-0.4, -0.2) is 24.5 Å². The van der Waals surface area contributed by atoms with Crippen LogP contribution in [0.5, 0.6) is 0 Å². The second-order valence-electron chi connectivity index (χ2n) is 5.25. The molecule has 0 amide bonds. The molecule has 0 aliphatic rings. The van der Waals surface area contributed by atoms with Gasteiger partial charge in [-0.15, -0.1) is 0 Å². The Balaban J connectivity index is 2.86. The quantitative estimate of drug-likeness (QED) is 0.845. The first-order valence-corrected chi connectivity index (χ1v) is 6.62. The fourth-order valence-corrected chi connectivity index (χ4v) is 1.91. The van der Waals surface area contributed by atoms with Gasteiger partial charge in [-0.25, -0.2) is 4.39 Å². The van der Waals surface area contributed by atoms with Crippen LogP contribution >= 0.6 is 0 Å². The number of nitrogens with zero attached hydrogens (tertiary/aromatic N) is 1. The lowest BCUT2D eigenvalue weighted by Gasteiger charge is -2.27. The van der Waals surface area contributed by atoms with E-state index in [0.29, 0.717) is 24.1 Å². The minimum Gasteiger partial charge on any atom is -0.320 e. The van der Waals surface area contributed by atoms with E-state index in [0.717, 1.165) is 5.56 Å². The Bertz CT molecular complexity index is 471. The molecule has 0 fully saturated rings. The number of hydrogen-bond donors (Lipinski definition) is 1. The predicted octanol–water partition coefficient (Wildman–Crippen LogP) is 2.61. The molecule has 104 valence electrons. The fourth-order valence-electron chi connectivity index (χ4n) is 1.91. The molecule has 0 aliphatic carbocycles. The Hall–Kier alpha value is -1.37. The molecule has 0 heterocycles. The highest BCUT2D eigenvalue weighted by atomic mass is 19.1. The van der Waals surface area contributed by atoms with E-state index in [4.69, 9.17) is 5.73 Å². The molecule has 1 atom stereocenters. The highest BCUT2D eigenvalue weighted by Gasteiger charge is 2.13. The third kappa shape index (κ3) is 5.02. The van der Waals surface area contributed by atoms with E-state index in [2.05, 4.69) is 44.6 Å². The Morgan fingerprint density at radius 3 is 2.53 bits per heavy atom. The van der Waals surface area contributed by atoms with Crippen LogP contribution < -0.4 is 5.73 Å². The van der Waals surface area contributed by atoms with Crippen molar-refractivity contribution in [3.63, 3.8) is 0 Å². The second-order valence-corrected chi connectivity index (χ2v) is 5.25. The van der Waals surface area contributed by atoms with E-state index >= 15 is 0 Å². The molecule has 0 aromatic heterocycles. The summed E-state index contributed by atoms with van der Waals surface area (Å²) in [4.78, 5) is 2.22. The number of halogens is 1. The van der Waals surface area contributed by atoms with Crippen molar-refractivity contribution in [3.8, 4) is 11.8 Å². The van der Waals surface area contributed by atoms with Gasteiger partial charge in [0, 0.05) is 18.2 Å². The van der Waals surface area contributed by atoms with Crippen molar-refractivity contribution in [1.82, 2.24) is 4.90 Å². The molecule has 0 spiro atoms. The lowest BCUT2D eigenvalue weighted by atomic mass is 10.0. The maximum absolute atomic E-state index is 13.5. The first-order valence-electron chi connectivity index (χ1n) is 6.62. The Kier molecular flexibility index (Phi) is 6.01. The molecule has 2 nitrogen and oxygen atoms in total. The third-order valence-corrected chi connectivity index (χ3v) is 3.38. The van der Waals surface area contributed by atoms with Gasteiger partial charge in [0.15, 0.2) is 0 Å². The molecule has 0 bridgehead atoms. The molecular weight excluding hydrogens is 239 g/mol. The van der Waals surface area contributed by atoms with Gasteiger partial charge in [0.05, 0.1) is 6.54 Å². The summed E-state index contributed by atoms with van der Waals surface area (Å²) in [5, 5.41) is 0. The smallest absolute Gasteiger partial charge is 0.124 e. The Labute approximate surface area is 115 Å². The van der Waals surface area contributed by atoms with Crippen molar-refractivity contribution in [2.24, 2.45) is 11.7 Å². The van der Waals surface area contributed by atoms with Crippen molar-refractivity contribution in [2.45, 2.75) is 33.4 Å². The zero-order valence-electron chi connectivity index (χ0n) is 12.2. The number of rotatable bonds is 4. The van der Waals surface area contributed by atoms with Crippen molar-refractivity contribution in [1.29, 1.82) is 0 Å². The molecule has 3 heteroatoms. The molecule has 1 aromatic carbocycles. The summed E-state index contributed by atoms with van der Waals surface area (Å²) >= 11 is 0. The zero-order valence-corrected chi connectivity index (χ0v) is 12.2. The van der Waals surface area contributed by atoms with Crippen molar-refractivity contribution >= 4 is 0 Å². The standard InChI is InChI=1S/C16H23FN2/c1-12(2)13(3)19(4)11-15-8-14(6-5-7-18)9-16(17)10-15/h8-10,12-13H,7,11,18H2,1-4H3. The molecule has 1 rings (SSSR count). The second kappa shape index (κ2) is 7.28. The van der Waals surface area contributed by atoms with E-state index in [1.54, 1.807) is 6.07 Å². The monoisotopic (exact) mass is 262 g/mol. The predicted molar refractivity (Wildman–Crippen MR) is 78.1 cm³/mol. The Morgan fingerprint density at radius 2 is 1.95 bits per heavy atom. The summed E-state index contributed by atoms with van der Waals surface area (Å²) in [5.74, 6) is 5.95. The van der Waals surface area contributed by atoms with Crippen LogP contribution in [0.25, 0.3) is 0 Å². The van der Waals surface area contributed by atoms with Crippen LogP contribution in [0.4, 0.5) is 4.39 Å². The molecule has 2 N–H and O–H groups in total. The average Bonchev–Trinajstić information content (AvgIpc) is 2.34. The van der Waals surface area contributed by atoms with Gasteiger partial charge < -0.3 is 5.73 Å². The van der Waals surface area contributed by atoms with E-state index < -0.39 is 0 Å². The lowest BCUT2D eigenvalue weighted by Crippen LogP contribution is -2.32. The van der Waals surface area contributed by atoms with E-state index in [1.165, 1.54) is 6.07 Å². The van der Waals surface area contributed by atoms with Gasteiger partial charge in [-0.05, 0) is 43.7 Å². The molecule has 1 aromatic rings. The van der Waals surface area contributed by atoms with Crippen LogP contribution in [0.1, 0.15) is 31.9 Å². The first-order chi connectivity index (χ1) is 8.93.